The van der Waals surface area contributed by atoms with Crippen molar-refractivity contribution in [3.63, 3.8) is 0 Å². The van der Waals surface area contributed by atoms with Crippen molar-refractivity contribution in [3.8, 4) is 0 Å². The van der Waals surface area contributed by atoms with E-state index in [1.165, 1.54) is 12.1 Å². The number of halogens is 2. The molecule has 2 N–H and O–H groups in total. The SMILES string of the molecule is CN(C)C[C@@H](CC(=O)O)NC(=O)CCCCCCCOCc1cccc(F)c1F. The van der Waals surface area contributed by atoms with E-state index < -0.39 is 23.6 Å². The van der Waals surface area contributed by atoms with E-state index in [1.807, 2.05) is 19.0 Å². The lowest BCUT2D eigenvalue weighted by Gasteiger charge is -2.20. The van der Waals surface area contributed by atoms with Gasteiger partial charge in [0, 0.05) is 25.1 Å². The molecule has 0 aliphatic rings. The largest absolute Gasteiger partial charge is 0.481 e. The highest BCUT2D eigenvalue weighted by molar-refractivity contribution is 5.77. The number of carbonyl (C=O) groups excluding carboxylic acids is 1. The smallest absolute Gasteiger partial charge is 0.305 e. The van der Waals surface area contributed by atoms with Crippen LogP contribution in [-0.4, -0.2) is 55.2 Å². The molecule has 1 aromatic carbocycles. The molecule has 0 saturated heterocycles. The van der Waals surface area contributed by atoms with Gasteiger partial charge in [0.05, 0.1) is 19.1 Å². The molecule has 0 aliphatic carbocycles. The number of carbonyl (C=O) groups is 2. The normalized spacial score (nSPS) is 12.2. The predicted octanol–water partition coefficient (Wildman–Crippen LogP) is 3.34. The first-order chi connectivity index (χ1) is 13.8. The molecule has 0 radical (unpaired) electrons. The fourth-order valence-corrected chi connectivity index (χ4v) is 2.97. The van der Waals surface area contributed by atoms with Crippen molar-refractivity contribution < 1.29 is 28.2 Å². The van der Waals surface area contributed by atoms with Gasteiger partial charge in [-0.1, -0.05) is 31.4 Å². The minimum Gasteiger partial charge on any atom is -0.481 e. The van der Waals surface area contributed by atoms with Crippen LogP contribution < -0.4 is 5.32 Å². The molecule has 8 heteroatoms. The minimum absolute atomic E-state index is 0.0498. The van der Waals surface area contributed by atoms with E-state index in [4.69, 9.17) is 9.84 Å². The third-order valence-corrected chi connectivity index (χ3v) is 4.35. The van der Waals surface area contributed by atoms with Crippen LogP contribution in [0.5, 0.6) is 0 Å². The van der Waals surface area contributed by atoms with Crippen LogP contribution in [-0.2, 0) is 20.9 Å². The lowest BCUT2D eigenvalue weighted by Crippen LogP contribution is -2.42. The Labute approximate surface area is 171 Å². The van der Waals surface area contributed by atoms with E-state index in [0.717, 1.165) is 38.2 Å². The van der Waals surface area contributed by atoms with Gasteiger partial charge in [0.15, 0.2) is 11.6 Å². The molecule has 0 saturated carbocycles. The standard InChI is InChI=1S/C21H32F2N2O4/c1-25(2)14-17(13-20(27)28)24-19(26)11-6-4-3-5-7-12-29-15-16-9-8-10-18(22)21(16)23/h8-10,17H,3-7,11-15H2,1-2H3,(H,24,26)(H,27,28)/t17-/m1/s1. The first-order valence-electron chi connectivity index (χ1n) is 9.96. The van der Waals surface area contributed by atoms with Crippen molar-refractivity contribution in [1.29, 1.82) is 0 Å². The molecule has 0 aromatic heterocycles. The number of hydrogen-bond donors (Lipinski definition) is 2. The Morgan fingerprint density at radius 2 is 1.83 bits per heavy atom. The number of amides is 1. The van der Waals surface area contributed by atoms with E-state index in [1.54, 1.807) is 0 Å². The summed E-state index contributed by atoms with van der Waals surface area (Å²) in [4.78, 5) is 24.7. The number of ether oxygens (including phenoxy) is 1. The number of likely N-dealkylation sites (N-methyl/N-ethyl adjacent to an activating group) is 1. The molecular weight excluding hydrogens is 382 g/mol. The zero-order valence-electron chi connectivity index (χ0n) is 17.3. The summed E-state index contributed by atoms with van der Waals surface area (Å²) in [5, 5.41) is 11.7. The second-order valence-corrected chi connectivity index (χ2v) is 7.41. The van der Waals surface area contributed by atoms with E-state index in [9.17, 15) is 18.4 Å². The number of unbranched alkanes of at least 4 members (excludes halogenated alkanes) is 4. The molecule has 1 aromatic rings. The van der Waals surface area contributed by atoms with Gasteiger partial charge < -0.3 is 20.1 Å². The average molecular weight is 414 g/mol. The topological polar surface area (TPSA) is 78.9 Å². The molecule has 0 fully saturated rings. The Morgan fingerprint density at radius 3 is 2.52 bits per heavy atom. The van der Waals surface area contributed by atoms with Gasteiger partial charge in [-0.3, -0.25) is 9.59 Å². The van der Waals surface area contributed by atoms with Gasteiger partial charge in [0.1, 0.15) is 0 Å². The zero-order valence-corrected chi connectivity index (χ0v) is 17.3. The van der Waals surface area contributed by atoms with Gasteiger partial charge in [-0.15, -0.1) is 0 Å². The highest BCUT2D eigenvalue weighted by Crippen LogP contribution is 2.13. The third-order valence-electron chi connectivity index (χ3n) is 4.35. The van der Waals surface area contributed by atoms with Gasteiger partial charge in [-0.2, -0.15) is 0 Å². The molecule has 0 heterocycles. The molecule has 0 aliphatic heterocycles. The van der Waals surface area contributed by atoms with Crippen LogP contribution in [0.3, 0.4) is 0 Å². The van der Waals surface area contributed by atoms with Crippen LogP contribution in [0.4, 0.5) is 8.78 Å². The number of rotatable bonds is 15. The maximum Gasteiger partial charge on any atom is 0.305 e. The number of carboxylic acids is 1. The van der Waals surface area contributed by atoms with Crippen molar-refractivity contribution in [3.05, 3.63) is 35.4 Å². The monoisotopic (exact) mass is 414 g/mol. The Balaban J connectivity index is 2.07. The third kappa shape index (κ3) is 11.5. The Bertz CT molecular complexity index is 641. The highest BCUT2D eigenvalue weighted by atomic mass is 19.2. The van der Waals surface area contributed by atoms with E-state index >= 15 is 0 Å². The molecular formula is C21H32F2N2O4. The maximum absolute atomic E-state index is 13.5. The molecule has 6 nitrogen and oxygen atoms in total. The van der Waals surface area contributed by atoms with Crippen LogP contribution in [0.2, 0.25) is 0 Å². The average Bonchev–Trinajstić information content (AvgIpc) is 2.62. The van der Waals surface area contributed by atoms with E-state index in [0.29, 0.717) is 19.6 Å². The molecule has 0 spiro atoms. The zero-order chi connectivity index (χ0) is 21.6. The second kappa shape index (κ2) is 14.0. The van der Waals surface area contributed by atoms with Gasteiger partial charge in [-0.25, -0.2) is 8.78 Å². The highest BCUT2D eigenvalue weighted by Gasteiger charge is 2.16. The second-order valence-electron chi connectivity index (χ2n) is 7.41. The van der Waals surface area contributed by atoms with Crippen LogP contribution in [0.15, 0.2) is 18.2 Å². The predicted molar refractivity (Wildman–Crippen MR) is 106 cm³/mol. The summed E-state index contributed by atoms with van der Waals surface area (Å²) in [7, 11) is 3.67. The molecule has 1 atom stereocenters. The van der Waals surface area contributed by atoms with Crippen LogP contribution in [0.25, 0.3) is 0 Å². The molecule has 0 bridgehead atoms. The number of carboxylic acid groups (broad SMARTS) is 1. The summed E-state index contributed by atoms with van der Waals surface area (Å²) in [6.07, 6.45) is 4.60. The summed E-state index contributed by atoms with van der Waals surface area (Å²) < 4.78 is 31.9. The lowest BCUT2D eigenvalue weighted by molar-refractivity contribution is -0.137. The molecule has 1 rings (SSSR count). The fourth-order valence-electron chi connectivity index (χ4n) is 2.97. The maximum atomic E-state index is 13.5. The lowest BCUT2D eigenvalue weighted by atomic mass is 10.1. The van der Waals surface area contributed by atoms with Gasteiger partial charge >= 0.3 is 5.97 Å². The van der Waals surface area contributed by atoms with E-state index in [-0.39, 0.29) is 24.5 Å². The van der Waals surface area contributed by atoms with Crippen LogP contribution >= 0.6 is 0 Å². The molecule has 1 amide bonds. The van der Waals surface area contributed by atoms with Crippen molar-refractivity contribution in [1.82, 2.24) is 10.2 Å². The van der Waals surface area contributed by atoms with Crippen LogP contribution in [0.1, 0.15) is 50.5 Å². The quantitative estimate of drug-likeness (QED) is 0.431. The van der Waals surface area contributed by atoms with Crippen LogP contribution in [0, 0.1) is 11.6 Å². The summed E-state index contributed by atoms with van der Waals surface area (Å²) >= 11 is 0. The Hall–Kier alpha value is -2.06. The first kappa shape index (κ1) is 25.0. The number of benzene rings is 1. The summed E-state index contributed by atoms with van der Waals surface area (Å²) in [5.74, 6) is -2.79. The minimum atomic E-state index is -0.931. The molecule has 0 unspecified atom stereocenters. The summed E-state index contributed by atoms with van der Waals surface area (Å²) in [5.41, 5.74) is 0.214. The number of nitrogens with zero attached hydrogens (tertiary/aromatic N) is 1. The Kier molecular flexibility index (Phi) is 12.1. The van der Waals surface area contributed by atoms with Crippen molar-refractivity contribution in [2.45, 2.75) is 57.6 Å². The summed E-state index contributed by atoms with van der Waals surface area (Å²) in [6, 6.07) is 3.64. The Morgan fingerprint density at radius 1 is 1.14 bits per heavy atom. The molecule has 164 valence electrons. The first-order valence-corrected chi connectivity index (χ1v) is 9.96. The fraction of sp³-hybridized carbons (Fsp3) is 0.619. The van der Waals surface area contributed by atoms with E-state index in [2.05, 4.69) is 5.32 Å². The number of nitrogens with one attached hydrogen (secondary N) is 1. The van der Waals surface area contributed by atoms with Crippen molar-refractivity contribution >= 4 is 11.9 Å². The van der Waals surface area contributed by atoms with Gasteiger partial charge in [0.25, 0.3) is 0 Å². The summed E-state index contributed by atoms with van der Waals surface area (Å²) in [6.45, 7) is 1.00. The van der Waals surface area contributed by atoms with Gasteiger partial charge in [-0.05, 0) is 33.0 Å². The van der Waals surface area contributed by atoms with Gasteiger partial charge in [0.2, 0.25) is 5.91 Å². The number of aliphatic carboxylic acids is 1. The number of hydrogen-bond acceptors (Lipinski definition) is 4. The van der Waals surface area contributed by atoms with Crippen molar-refractivity contribution in [2.75, 3.05) is 27.2 Å². The molecule has 29 heavy (non-hydrogen) atoms. The van der Waals surface area contributed by atoms with Crippen molar-refractivity contribution in [2.24, 2.45) is 0 Å².